The third-order valence-corrected chi connectivity index (χ3v) is 7.23. The molecule has 2 amide bonds. The number of ether oxygens (including phenoxy) is 2. The van der Waals surface area contributed by atoms with Crippen LogP contribution in [0.1, 0.15) is 17.6 Å². The normalized spacial score (nSPS) is 11.2. The van der Waals surface area contributed by atoms with Crippen LogP contribution in [0, 0.1) is 5.82 Å². The van der Waals surface area contributed by atoms with Crippen LogP contribution in [0.3, 0.4) is 0 Å². The molecule has 12 heteroatoms. The van der Waals surface area contributed by atoms with E-state index in [1.807, 2.05) is 24.4 Å². The number of aromatic nitrogens is 2. The van der Waals surface area contributed by atoms with Gasteiger partial charge in [-0.3, -0.25) is 9.97 Å². The lowest BCUT2D eigenvalue weighted by Gasteiger charge is -2.11. The van der Waals surface area contributed by atoms with Crippen LogP contribution in [0.4, 0.5) is 29.3 Å². The molecule has 0 bridgehead atoms. The van der Waals surface area contributed by atoms with Crippen molar-refractivity contribution in [3.8, 4) is 22.1 Å². The molecular formula is C30H26F3N5O3S. The van der Waals surface area contributed by atoms with Crippen LogP contribution < -0.4 is 20.7 Å². The number of fused-ring (bicyclic) bond motifs is 1. The standard InChI is InChI=1S/C30H26F3N5O3S/c1-40-12-11-34-16-18-5-7-23(36-17-18)27-15-24-28(42-27)26(9-10-35-24)41-25-8-6-21(14-22(25)31)38-30(39)37-20-4-2-3-19(13-20)29(32)33/h2-10,13-15,17,29,34H,11-12,16H2,1H3,(H2,37,38,39). The van der Waals surface area contributed by atoms with Crippen LogP contribution in [0.2, 0.25) is 0 Å². The van der Waals surface area contributed by atoms with Gasteiger partial charge in [-0.25, -0.2) is 18.0 Å². The largest absolute Gasteiger partial charge is 0.453 e. The molecule has 8 nitrogen and oxygen atoms in total. The fourth-order valence-corrected chi connectivity index (χ4v) is 5.07. The van der Waals surface area contributed by atoms with Crippen LogP contribution in [0.5, 0.6) is 11.5 Å². The van der Waals surface area contributed by atoms with Crippen LogP contribution in [0.25, 0.3) is 20.8 Å². The molecule has 0 fully saturated rings. The Labute approximate surface area is 243 Å². The van der Waals surface area contributed by atoms with Gasteiger partial charge in [0, 0.05) is 61.7 Å². The number of anilines is 2. The molecule has 5 rings (SSSR count). The first-order chi connectivity index (χ1) is 20.4. The maximum atomic E-state index is 15.0. The van der Waals surface area contributed by atoms with Crippen molar-refractivity contribution < 1.29 is 27.4 Å². The van der Waals surface area contributed by atoms with Crippen molar-refractivity contribution in [1.82, 2.24) is 15.3 Å². The molecular weight excluding hydrogens is 567 g/mol. The quantitative estimate of drug-likeness (QED) is 0.136. The molecule has 0 saturated heterocycles. The molecule has 3 heterocycles. The number of thiophene rings is 1. The van der Waals surface area contributed by atoms with Gasteiger partial charge in [0.25, 0.3) is 6.43 Å². The maximum Gasteiger partial charge on any atom is 0.323 e. The van der Waals surface area contributed by atoms with E-state index in [2.05, 4.69) is 25.9 Å². The van der Waals surface area contributed by atoms with Crippen LogP contribution >= 0.6 is 11.3 Å². The lowest BCUT2D eigenvalue weighted by Crippen LogP contribution is -2.19. The summed E-state index contributed by atoms with van der Waals surface area (Å²) < 4.78 is 52.5. The Hall–Kier alpha value is -4.52. The molecule has 216 valence electrons. The Bertz CT molecular complexity index is 1680. The van der Waals surface area contributed by atoms with E-state index in [-0.39, 0.29) is 22.7 Å². The number of carbonyl (C=O) groups is 1. The maximum absolute atomic E-state index is 15.0. The number of nitrogens with zero attached hydrogens (tertiary/aromatic N) is 2. The molecule has 3 N–H and O–H groups in total. The number of nitrogens with one attached hydrogen (secondary N) is 3. The second kappa shape index (κ2) is 13.4. The van der Waals surface area contributed by atoms with Crippen molar-refractivity contribution in [2.45, 2.75) is 13.0 Å². The van der Waals surface area contributed by atoms with Gasteiger partial charge in [-0.15, -0.1) is 11.3 Å². The average Bonchev–Trinajstić information content (AvgIpc) is 3.43. The molecule has 0 atom stereocenters. The molecule has 0 radical (unpaired) electrons. The summed E-state index contributed by atoms with van der Waals surface area (Å²) in [5, 5.41) is 8.22. The summed E-state index contributed by atoms with van der Waals surface area (Å²) in [6.45, 7) is 2.07. The van der Waals surface area contributed by atoms with Crippen molar-refractivity contribution in [1.29, 1.82) is 0 Å². The van der Waals surface area contributed by atoms with E-state index >= 15 is 0 Å². The Morgan fingerprint density at radius 1 is 0.976 bits per heavy atom. The number of methoxy groups -OCH3 is 1. The first-order valence-electron chi connectivity index (χ1n) is 12.9. The van der Waals surface area contributed by atoms with E-state index in [9.17, 15) is 18.0 Å². The van der Waals surface area contributed by atoms with Gasteiger partial charge in [-0.05, 0) is 42.0 Å². The number of urea groups is 1. The van der Waals surface area contributed by atoms with Crippen molar-refractivity contribution in [2.24, 2.45) is 0 Å². The Morgan fingerprint density at radius 2 is 1.81 bits per heavy atom. The van der Waals surface area contributed by atoms with Gasteiger partial charge in [-0.1, -0.05) is 18.2 Å². The molecule has 42 heavy (non-hydrogen) atoms. The van der Waals surface area contributed by atoms with Crippen LogP contribution in [-0.4, -0.2) is 36.3 Å². The molecule has 0 spiro atoms. The summed E-state index contributed by atoms with van der Waals surface area (Å²) in [7, 11) is 1.66. The number of alkyl halides is 2. The number of rotatable bonds is 11. The smallest absolute Gasteiger partial charge is 0.323 e. The molecule has 5 aromatic rings. The highest BCUT2D eigenvalue weighted by molar-refractivity contribution is 7.22. The molecule has 0 aliphatic carbocycles. The SMILES string of the molecule is COCCNCc1ccc(-c2cc3nccc(Oc4ccc(NC(=O)Nc5cccc(C(F)F)c5)cc4F)c3s2)nc1. The Kier molecular flexibility index (Phi) is 9.27. The summed E-state index contributed by atoms with van der Waals surface area (Å²) in [4.78, 5) is 22.2. The molecule has 2 aromatic carbocycles. The molecule has 0 aliphatic rings. The van der Waals surface area contributed by atoms with Crippen molar-refractivity contribution in [3.63, 3.8) is 0 Å². The van der Waals surface area contributed by atoms with Gasteiger partial charge in [0.2, 0.25) is 0 Å². The van der Waals surface area contributed by atoms with Gasteiger partial charge < -0.3 is 25.4 Å². The highest BCUT2D eigenvalue weighted by atomic mass is 32.1. The van der Waals surface area contributed by atoms with Crippen molar-refractivity contribution in [3.05, 3.63) is 96.1 Å². The number of hydrogen-bond acceptors (Lipinski definition) is 7. The zero-order valence-corrected chi connectivity index (χ0v) is 23.2. The lowest BCUT2D eigenvalue weighted by atomic mass is 10.2. The van der Waals surface area contributed by atoms with E-state index < -0.39 is 18.3 Å². The second-order valence-corrected chi connectivity index (χ2v) is 10.2. The third kappa shape index (κ3) is 7.21. The van der Waals surface area contributed by atoms with E-state index in [1.54, 1.807) is 19.4 Å². The zero-order chi connectivity index (χ0) is 29.5. The van der Waals surface area contributed by atoms with Crippen LogP contribution in [0.15, 0.2) is 79.1 Å². The number of benzene rings is 2. The summed E-state index contributed by atoms with van der Waals surface area (Å²) in [5.41, 5.74) is 2.63. The zero-order valence-electron chi connectivity index (χ0n) is 22.4. The number of pyridine rings is 2. The molecule has 0 aliphatic heterocycles. The monoisotopic (exact) mass is 593 g/mol. The van der Waals surface area contributed by atoms with Crippen molar-refractivity contribution >= 4 is 39.0 Å². The first kappa shape index (κ1) is 29.0. The van der Waals surface area contributed by atoms with Gasteiger partial charge in [-0.2, -0.15) is 0 Å². The minimum atomic E-state index is -2.67. The number of carbonyl (C=O) groups excluding carboxylic acids is 1. The fourth-order valence-electron chi connectivity index (χ4n) is 4.03. The first-order valence-corrected chi connectivity index (χ1v) is 13.7. The molecule has 3 aromatic heterocycles. The van der Waals surface area contributed by atoms with Gasteiger partial charge >= 0.3 is 6.03 Å². The van der Waals surface area contributed by atoms with E-state index in [0.29, 0.717) is 24.4 Å². The molecule has 0 saturated carbocycles. The summed E-state index contributed by atoms with van der Waals surface area (Å²) in [6.07, 6.45) is 0.731. The Morgan fingerprint density at radius 3 is 2.55 bits per heavy atom. The minimum Gasteiger partial charge on any atom is -0.453 e. The van der Waals surface area contributed by atoms with Crippen LogP contribution in [-0.2, 0) is 11.3 Å². The third-order valence-electron chi connectivity index (χ3n) is 6.07. The van der Waals surface area contributed by atoms with E-state index in [0.717, 1.165) is 33.4 Å². The van der Waals surface area contributed by atoms with Gasteiger partial charge in [0.15, 0.2) is 11.6 Å². The predicted octanol–water partition coefficient (Wildman–Crippen LogP) is 7.61. The summed E-state index contributed by atoms with van der Waals surface area (Å²) in [6, 6.07) is 16.1. The lowest BCUT2D eigenvalue weighted by molar-refractivity contribution is 0.151. The summed E-state index contributed by atoms with van der Waals surface area (Å²) >= 11 is 1.43. The predicted molar refractivity (Wildman–Crippen MR) is 157 cm³/mol. The van der Waals surface area contributed by atoms with Gasteiger partial charge in [0.05, 0.1) is 27.4 Å². The topological polar surface area (TPSA) is 97.4 Å². The number of hydrogen-bond donors (Lipinski definition) is 3. The Balaban J connectivity index is 1.25. The number of halogens is 3. The minimum absolute atomic E-state index is 0.0449. The average molecular weight is 594 g/mol. The molecule has 0 unspecified atom stereocenters. The van der Waals surface area contributed by atoms with E-state index in [1.165, 1.54) is 47.7 Å². The number of amides is 2. The van der Waals surface area contributed by atoms with Gasteiger partial charge in [0.1, 0.15) is 5.75 Å². The summed E-state index contributed by atoms with van der Waals surface area (Å²) in [5.74, 6) is -0.325. The highest BCUT2D eigenvalue weighted by Crippen LogP contribution is 2.39. The highest BCUT2D eigenvalue weighted by Gasteiger charge is 2.15. The van der Waals surface area contributed by atoms with Crippen molar-refractivity contribution in [2.75, 3.05) is 30.9 Å². The van der Waals surface area contributed by atoms with E-state index in [4.69, 9.17) is 9.47 Å². The second-order valence-electron chi connectivity index (χ2n) is 9.11. The fraction of sp³-hybridized carbons (Fsp3) is 0.167.